The smallest absolute Gasteiger partial charge is 0.154 e. The predicted octanol–water partition coefficient (Wildman–Crippen LogP) is 3.07. The zero-order valence-electron chi connectivity index (χ0n) is 11.1. The lowest BCUT2D eigenvalue weighted by atomic mass is 10.0. The highest BCUT2D eigenvalue weighted by Crippen LogP contribution is 2.23. The van der Waals surface area contributed by atoms with Crippen LogP contribution in [0.5, 0.6) is 0 Å². The fourth-order valence-corrected chi connectivity index (χ4v) is 4.78. The van der Waals surface area contributed by atoms with Crippen molar-refractivity contribution < 1.29 is 8.42 Å². The Morgan fingerprint density at radius 3 is 2.84 bits per heavy atom. The molecular formula is C14H20BrNO2S. The molecule has 19 heavy (non-hydrogen) atoms. The molecule has 1 N–H and O–H groups in total. The first-order valence-electron chi connectivity index (χ1n) is 6.73. The average molecular weight is 346 g/mol. The van der Waals surface area contributed by atoms with Gasteiger partial charge in [0.05, 0.1) is 11.0 Å². The molecule has 0 aromatic heterocycles. The molecule has 1 aliphatic heterocycles. The van der Waals surface area contributed by atoms with Crippen molar-refractivity contribution in [2.24, 2.45) is 0 Å². The third-order valence-electron chi connectivity index (χ3n) is 3.71. The Bertz CT molecular complexity index is 530. The van der Waals surface area contributed by atoms with Gasteiger partial charge < -0.3 is 5.32 Å². The molecule has 1 fully saturated rings. The summed E-state index contributed by atoms with van der Waals surface area (Å²) in [5.41, 5.74) is 1.20. The molecule has 1 heterocycles. The second-order valence-corrected chi connectivity index (χ2v) is 8.37. The number of sulfone groups is 1. The molecule has 2 unspecified atom stereocenters. The van der Waals surface area contributed by atoms with E-state index in [-0.39, 0.29) is 11.3 Å². The molecule has 0 bridgehead atoms. The van der Waals surface area contributed by atoms with Gasteiger partial charge in [0, 0.05) is 17.1 Å². The molecule has 0 radical (unpaired) electrons. The van der Waals surface area contributed by atoms with Gasteiger partial charge in [0.15, 0.2) is 9.84 Å². The highest BCUT2D eigenvalue weighted by molar-refractivity contribution is 9.10. The van der Waals surface area contributed by atoms with Crippen molar-refractivity contribution in [3.05, 3.63) is 34.3 Å². The highest BCUT2D eigenvalue weighted by Gasteiger charge is 2.31. The van der Waals surface area contributed by atoms with E-state index in [2.05, 4.69) is 40.3 Å². The van der Waals surface area contributed by atoms with Crippen LogP contribution in [0, 0.1) is 0 Å². The second kappa shape index (κ2) is 6.37. The lowest BCUT2D eigenvalue weighted by Gasteiger charge is -2.20. The maximum atomic E-state index is 11.8. The van der Waals surface area contributed by atoms with Crippen LogP contribution in [0.2, 0.25) is 0 Å². The first-order chi connectivity index (χ1) is 9.03. The first kappa shape index (κ1) is 15.0. The standard InChI is InChI=1S/C14H20BrNO2S/c1-2-14(11-5-3-6-12(15)9-11)16-10-13-7-4-8-19(13,17)18/h3,5-6,9,13-14,16H,2,4,7-8,10H2,1H3. The minimum Gasteiger partial charge on any atom is -0.309 e. The van der Waals surface area contributed by atoms with Gasteiger partial charge in [0.25, 0.3) is 0 Å². The zero-order valence-corrected chi connectivity index (χ0v) is 13.5. The van der Waals surface area contributed by atoms with Gasteiger partial charge in [-0.05, 0) is 37.0 Å². The molecule has 1 aromatic carbocycles. The minimum absolute atomic E-state index is 0.200. The van der Waals surface area contributed by atoms with E-state index in [1.165, 1.54) is 5.56 Å². The van der Waals surface area contributed by atoms with Gasteiger partial charge >= 0.3 is 0 Å². The maximum Gasteiger partial charge on any atom is 0.154 e. The molecule has 0 spiro atoms. The fraction of sp³-hybridized carbons (Fsp3) is 0.571. The van der Waals surface area contributed by atoms with Crippen molar-refractivity contribution in [2.45, 2.75) is 37.5 Å². The topological polar surface area (TPSA) is 46.2 Å². The van der Waals surface area contributed by atoms with Crippen molar-refractivity contribution in [3.8, 4) is 0 Å². The summed E-state index contributed by atoms with van der Waals surface area (Å²) >= 11 is 3.47. The number of hydrogen-bond donors (Lipinski definition) is 1. The van der Waals surface area contributed by atoms with E-state index < -0.39 is 9.84 Å². The van der Waals surface area contributed by atoms with Crippen molar-refractivity contribution in [1.82, 2.24) is 5.32 Å². The summed E-state index contributed by atoms with van der Waals surface area (Å²) in [5, 5.41) is 3.21. The molecule has 106 valence electrons. The molecule has 0 saturated carbocycles. The van der Waals surface area contributed by atoms with Gasteiger partial charge in [0.1, 0.15) is 0 Å². The molecule has 0 aliphatic carbocycles. The van der Waals surface area contributed by atoms with Gasteiger partial charge in [-0.1, -0.05) is 35.0 Å². The van der Waals surface area contributed by atoms with Crippen LogP contribution in [0.25, 0.3) is 0 Å². The van der Waals surface area contributed by atoms with Crippen molar-refractivity contribution in [3.63, 3.8) is 0 Å². The summed E-state index contributed by atoms with van der Waals surface area (Å²) in [5.74, 6) is 0.354. The second-order valence-electron chi connectivity index (χ2n) is 5.06. The Labute approximate surface area is 123 Å². The van der Waals surface area contributed by atoms with Crippen molar-refractivity contribution in [1.29, 1.82) is 0 Å². The SMILES string of the molecule is CCC(NCC1CCCS1(=O)=O)c1cccc(Br)c1. The van der Waals surface area contributed by atoms with E-state index >= 15 is 0 Å². The van der Waals surface area contributed by atoms with Gasteiger partial charge in [-0.15, -0.1) is 0 Å². The summed E-state index contributed by atoms with van der Waals surface area (Å²) < 4.78 is 24.7. The molecule has 2 rings (SSSR count). The van der Waals surface area contributed by atoms with E-state index in [1.54, 1.807) is 0 Å². The summed E-state index contributed by atoms with van der Waals surface area (Å²) in [6.07, 6.45) is 2.55. The molecule has 2 atom stereocenters. The Kier molecular flexibility index (Phi) is 5.03. The Morgan fingerprint density at radius 1 is 1.47 bits per heavy atom. The Balaban J connectivity index is 2.00. The number of hydrogen-bond acceptors (Lipinski definition) is 3. The number of rotatable bonds is 5. The largest absolute Gasteiger partial charge is 0.309 e. The molecule has 1 aromatic rings. The van der Waals surface area contributed by atoms with Crippen LogP contribution in [0.1, 0.15) is 37.8 Å². The molecule has 5 heteroatoms. The molecule has 1 saturated heterocycles. The fourth-order valence-electron chi connectivity index (χ4n) is 2.58. The van der Waals surface area contributed by atoms with Gasteiger partial charge in [0.2, 0.25) is 0 Å². The molecule has 1 aliphatic rings. The summed E-state index contributed by atoms with van der Waals surface area (Å²) in [4.78, 5) is 0. The van der Waals surface area contributed by atoms with E-state index in [4.69, 9.17) is 0 Å². The minimum atomic E-state index is -2.85. The first-order valence-corrected chi connectivity index (χ1v) is 9.24. The number of halogens is 1. The van der Waals surface area contributed by atoms with E-state index in [0.717, 1.165) is 23.7 Å². The lowest BCUT2D eigenvalue weighted by Crippen LogP contribution is -2.33. The zero-order chi connectivity index (χ0) is 13.9. The quantitative estimate of drug-likeness (QED) is 0.891. The third-order valence-corrected chi connectivity index (χ3v) is 6.48. The van der Waals surface area contributed by atoms with Crippen LogP contribution in [0.15, 0.2) is 28.7 Å². The highest BCUT2D eigenvalue weighted by atomic mass is 79.9. The normalized spacial score (nSPS) is 23.4. The summed E-state index contributed by atoms with van der Waals surface area (Å²) in [7, 11) is -2.85. The average Bonchev–Trinajstić information content (AvgIpc) is 2.70. The van der Waals surface area contributed by atoms with Gasteiger partial charge in [-0.25, -0.2) is 8.42 Å². The van der Waals surface area contributed by atoms with Gasteiger partial charge in [-0.2, -0.15) is 0 Å². The van der Waals surface area contributed by atoms with Crippen molar-refractivity contribution >= 4 is 25.8 Å². The van der Waals surface area contributed by atoms with E-state index in [0.29, 0.717) is 12.3 Å². The van der Waals surface area contributed by atoms with Crippen LogP contribution in [-0.2, 0) is 9.84 Å². The van der Waals surface area contributed by atoms with Crippen molar-refractivity contribution in [2.75, 3.05) is 12.3 Å². The van der Waals surface area contributed by atoms with Crippen LogP contribution < -0.4 is 5.32 Å². The third kappa shape index (κ3) is 3.80. The van der Waals surface area contributed by atoms with E-state index in [9.17, 15) is 8.42 Å². The molecular weight excluding hydrogens is 326 g/mol. The van der Waals surface area contributed by atoms with Crippen LogP contribution in [0.4, 0.5) is 0 Å². The van der Waals surface area contributed by atoms with Crippen LogP contribution in [0.3, 0.4) is 0 Å². The lowest BCUT2D eigenvalue weighted by molar-refractivity contribution is 0.502. The Morgan fingerprint density at radius 2 is 2.26 bits per heavy atom. The predicted molar refractivity (Wildman–Crippen MR) is 82.0 cm³/mol. The monoisotopic (exact) mass is 345 g/mol. The van der Waals surface area contributed by atoms with E-state index in [1.807, 2.05) is 12.1 Å². The molecule has 0 amide bonds. The van der Waals surface area contributed by atoms with Gasteiger partial charge in [-0.3, -0.25) is 0 Å². The number of benzene rings is 1. The van der Waals surface area contributed by atoms with Crippen LogP contribution >= 0.6 is 15.9 Å². The Hall–Kier alpha value is -0.390. The van der Waals surface area contributed by atoms with Crippen LogP contribution in [-0.4, -0.2) is 26.0 Å². The maximum absolute atomic E-state index is 11.8. The molecule has 3 nitrogen and oxygen atoms in total. The summed E-state index contributed by atoms with van der Waals surface area (Å²) in [6.45, 7) is 2.68. The summed E-state index contributed by atoms with van der Waals surface area (Å²) in [6, 6.07) is 8.39. The number of nitrogens with one attached hydrogen (secondary N) is 1.